The van der Waals surface area contributed by atoms with Crippen LogP contribution in [0.25, 0.3) is 10.9 Å². The number of fused-ring (bicyclic) bond motifs is 1. The van der Waals surface area contributed by atoms with Gasteiger partial charge in [0.2, 0.25) is 0 Å². The van der Waals surface area contributed by atoms with Gasteiger partial charge in [-0.25, -0.2) is 4.79 Å². The van der Waals surface area contributed by atoms with Gasteiger partial charge in [0.1, 0.15) is 5.56 Å². The third-order valence-corrected chi connectivity index (χ3v) is 4.39. The van der Waals surface area contributed by atoms with E-state index in [2.05, 4.69) is 16.8 Å². The van der Waals surface area contributed by atoms with Crippen molar-refractivity contribution in [2.75, 3.05) is 18.0 Å². The normalized spacial score (nSPS) is 18.9. The van der Waals surface area contributed by atoms with Crippen LogP contribution in [0, 0.1) is 5.92 Å². The number of para-hydroxylation sites is 1. The number of rotatable bonds is 3. The zero-order valence-electron chi connectivity index (χ0n) is 12.2. The number of anilines is 1. The standard InChI is InChI=1S/C17H20N2O2/c1-2-12-6-5-9-19(11-12)16-13-7-3-4-8-15(13)18-10-14(16)17(20)21/h3-4,7-8,10,12H,2,5-6,9,11H2,1H3,(H,20,21). The van der Waals surface area contributed by atoms with Crippen molar-refractivity contribution in [3.05, 3.63) is 36.0 Å². The van der Waals surface area contributed by atoms with Crippen LogP contribution in [0.5, 0.6) is 0 Å². The largest absolute Gasteiger partial charge is 0.478 e. The molecule has 1 atom stereocenters. The molecule has 3 rings (SSSR count). The van der Waals surface area contributed by atoms with Gasteiger partial charge in [0, 0.05) is 24.7 Å². The van der Waals surface area contributed by atoms with Gasteiger partial charge < -0.3 is 10.0 Å². The molecule has 0 aliphatic carbocycles. The Morgan fingerprint density at radius 1 is 1.43 bits per heavy atom. The van der Waals surface area contributed by atoms with E-state index < -0.39 is 5.97 Å². The van der Waals surface area contributed by atoms with Crippen LogP contribution in [0.3, 0.4) is 0 Å². The van der Waals surface area contributed by atoms with Crippen molar-refractivity contribution in [2.24, 2.45) is 5.92 Å². The minimum atomic E-state index is -0.901. The van der Waals surface area contributed by atoms with E-state index in [4.69, 9.17) is 0 Å². The highest BCUT2D eigenvalue weighted by Gasteiger charge is 2.24. The summed E-state index contributed by atoms with van der Waals surface area (Å²) < 4.78 is 0. The fourth-order valence-corrected chi connectivity index (χ4v) is 3.23. The molecule has 110 valence electrons. The number of benzene rings is 1. The number of nitrogens with zero attached hydrogens (tertiary/aromatic N) is 2. The Balaban J connectivity index is 2.14. The number of piperidine rings is 1. The fourth-order valence-electron chi connectivity index (χ4n) is 3.23. The summed E-state index contributed by atoms with van der Waals surface area (Å²) in [5, 5.41) is 10.5. The van der Waals surface area contributed by atoms with E-state index in [0.717, 1.165) is 42.5 Å². The molecule has 0 amide bonds. The minimum absolute atomic E-state index is 0.311. The molecule has 1 aromatic heterocycles. The van der Waals surface area contributed by atoms with E-state index in [1.165, 1.54) is 12.6 Å². The van der Waals surface area contributed by atoms with Crippen LogP contribution in [0.2, 0.25) is 0 Å². The maximum absolute atomic E-state index is 11.6. The molecule has 2 aromatic rings. The average Bonchev–Trinajstić information content (AvgIpc) is 2.53. The van der Waals surface area contributed by atoms with Gasteiger partial charge in [0.25, 0.3) is 0 Å². The second-order valence-corrected chi connectivity index (χ2v) is 5.71. The smallest absolute Gasteiger partial charge is 0.339 e. The molecular weight excluding hydrogens is 264 g/mol. The van der Waals surface area contributed by atoms with Gasteiger partial charge in [-0.3, -0.25) is 4.98 Å². The van der Waals surface area contributed by atoms with Gasteiger partial charge in [0.15, 0.2) is 0 Å². The van der Waals surface area contributed by atoms with Gasteiger partial charge in [0.05, 0.1) is 11.2 Å². The monoisotopic (exact) mass is 284 g/mol. The van der Waals surface area contributed by atoms with Crippen molar-refractivity contribution in [1.29, 1.82) is 0 Å². The zero-order chi connectivity index (χ0) is 14.8. The molecule has 1 aromatic carbocycles. The Hall–Kier alpha value is -2.10. The third-order valence-electron chi connectivity index (χ3n) is 4.39. The minimum Gasteiger partial charge on any atom is -0.478 e. The highest BCUT2D eigenvalue weighted by molar-refractivity contribution is 6.04. The molecule has 21 heavy (non-hydrogen) atoms. The van der Waals surface area contributed by atoms with Crippen molar-refractivity contribution >= 4 is 22.6 Å². The predicted octanol–water partition coefficient (Wildman–Crippen LogP) is 3.56. The molecule has 1 fully saturated rings. The first-order chi connectivity index (χ1) is 10.2. The molecule has 0 saturated carbocycles. The van der Waals surface area contributed by atoms with Crippen molar-refractivity contribution in [3.63, 3.8) is 0 Å². The Labute approximate surface area is 124 Å². The van der Waals surface area contributed by atoms with Crippen LogP contribution in [0.4, 0.5) is 5.69 Å². The summed E-state index contributed by atoms with van der Waals surface area (Å²) in [6.07, 6.45) is 4.99. The van der Waals surface area contributed by atoms with Crippen LogP contribution >= 0.6 is 0 Å². The molecule has 1 unspecified atom stereocenters. The molecule has 1 saturated heterocycles. The highest BCUT2D eigenvalue weighted by Crippen LogP contribution is 2.33. The summed E-state index contributed by atoms with van der Waals surface area (Å²) in [7, 11) is 0. The quantitative estimate of drug-likeness (QED) is 0.936. The maximum atomic E-state index is 11.6. The number of aromatic nitrogens is 1. The average molecular weight is 284 g/mol. The molecule has 0 radical (unpaired) electrons. The lowest BCUT2D eigenvalue weighted by Crippen LogP contribution is -2.36. The SMILES string of the molecule is CCC1CCCN(c2c(C(=O)O)cnc3ccccc23)C1. The van der Waals surface area contributed by atoms with Gasteiger partial charge >= 0.3 is 5.97 Å². The van der Waals surface area contributed by atoms with E-state index in [-0.39, 0.29) is 0 Å². The number of pyridine rings is 1. The van der Waals surface area contributed by atoms with E-state index in [0.29, 0.717) is 11.5 Å². The van der Waals surface area contributed by atoms with Crippen LogP contribution < -0.4 is 4.90 Å². The fraction of sp³-hybridized carbons (Fsp3) is 0.412. The number of hydrogen-bond acceptors (Lipinski definition) is 3. The van der Waals surface area contributed by atoms with E-state index in [1.807, 2.05) is 24.3 Å². The summed E-state index contributed by atoms with van der Waals surface area (Å²) in [5.74, 6) is -0.255. The van der Waals surface area contributed by atoms with Crippen LogP contribution in [0.1, 0.15) is 36.5 Å². The lowest BCUT2D eigenvalue weighted by Gasteiger charge is -2.35. The van der Waals surface area contributed by atoms with Crippen molar-refractivity contribution < 1.29 is 9.90 Å². The topological polar surface area (TPSA) is 53.4 Å². The van der Waals surface area contributed by atoms with Crippen LogP contribution in [-0.4, -0.2) is 29.1 Å². The maximum Gasteiger partial charge on any atom is 0.339 e. The zero-order valence-corrected chi connectivity index (χ0v) is 12.2. The van der Waals surface area contributed by atoms with E-state index >= 15 is 0 Å². The molecule has 0 bridgehead atoms. The summed E-state index contributed by atoms with van der Waals surface area (Å²) in [6.45, 7) is 4.06. The highest BCUT2D eigenvalue weighted by atomic mass is 16.4. The molecule has 1 N–H and O–H groups in total. The van der Waals surface area contributed by atoms with Gasteiger partial charge in [-0.05, 0) is 24.8 Å². The Morgan fingerprint density at radius 3 is 3.00 bits per heavy atom. The Kier molecular flexibility index (Phi) is 3.78. The summed E-state index contributed by atoms with van der Waals surface area (Å²) in [5.41, 5.74) is 2.01. The van der Waals surface area contributed by atoms with Gasteiger partial charge in [-0.2, -0.15) is 0 Å². The number of carbonyl (C=O) groups is 1. The molecule has 1 aliphatic rings. The Bertz CT molecular complexity index is 669. The van der Waals surface area contributed by atoms with E-state index in [1.54, 1.807) is 0 Å². The van der Waals surface area contributed by atoms with E-state index in [9.17, 15) is 9.90 Å². The number of carboxylic acid groups (broad SMARTS) is 1. The van der Waals surface area contributed by atoms with Gasteiger partial charge in [-0.15, -0.1) is 0 Å². The summed E-state index contributed by atoms with van der Waals surface area (Å²) >= 11 is 0. The number of hydrogen-bond donors (Lipinski definition) is 1. The number of carboxylic acids is 1. The second kappa shape index (κ2) is 5.72. The molecule has 2 heterocycles. The first-order valence-electron chi connectivity index (χ1n) is 7.56. The molecule has 1 aliphatic heterocycles. The van der Waals surface area contributed by atoms with Crippen LogP contribution in [-0.2, 0) is 0 Å². The molecule has 4 heteroatoms. The summed E-state index contributed by atoms with van der Waals surface area (Å²) in [4.78, 5) is 18.1. The van der Waals surface area contributed by atoms with Crippen molar-refractivity contribution in [3.8, 4) is 0 Å². The molecular formula is C17H20N2O2. The lowest BCUT2D eigenvalue weighted by molar-refractivity contribution is 0.0697. The second-order valence-electron chi connectivity index (χ2n) is 5.71. The van der Waals surface area contributed by atoms with Gasteiger partial charge in [-0.1, -0.05) is 31.5 Å². The number of aromatic carboxylic acids is 1. The predicted molar refractivity (Wildman–Crippen MR) is 83.9 cm³/mol. The third kappa shape index (κ3) is 2.58. The Morgan fingerprint density at radius 2 is 2.24 bits per heavy atom. The first kappa shape index (κ1) is 13.9. The summed E-state index contributed by atoms with van der Waals surface area (Å²) in [6, 6.07) is 7.79. The van der Waals surface area contributed by atoms with Crippen LogP contribution in [0.15, 0.2) is 30.5 Å². The molecule has 4 nitrogen and oxygen atoms in total. The lowest BCUT2D eigenvalue weighted by atomic mass is 9.94. The van der Waals surface area contributed by atoms with Crippen molar-refractivity contribution in [1.82, 2.24) is 4.98 Å². The molecule has 0 spiro atoms. The van der Waals surface area contributed by atoms with Crippen molar-refractivity contribution in [2.45, 2.75) is 26.2 Å². The first-order valence-corrected chi connectivity index (χ1v) is 7.56.